The van der Waals surface area contributed by atoms with Gasteiger partial charge in [-0.2, -0.15) is 0 Å². The first-order chi connectivity index (χ1) is 7.90. The molecule has 0 saturated heterocycles. The molecule has 1 unspecified atom stereocenters. The Hall–Kier alpha value is -0.900. The van der Waals surface area contributed by atoms with Crippen molar-refractivity contribution in [3.63, 3.8) is 0 Å². The van der Waals surface area contributed by atoms with Crippen molar-refractivity contribution in [2.24, 2.45) is 5.73 Å². The lowest BCUT2D eigenvalue weighted by atomic mass is 10.0. The summed E-state index contributed by atoms with van der Waals surface area (Å²) in [5, 5.41) is 3.44. The van der Waals surface area contributed by atoms with Crippen LogP contribution in [0, 0.1) is 0 Å². The lowest BCUT2D eigenvalue weighted by Crippen LogP contribution is -2.45. The molecule has 0 saturated carbocycles. The van der Waals surface area contributed by atoms with E-state index in [4.69, 9.17) is 5.73 Å². The average molecular weight is 235 g/mol. The highest BCUT2D eigenvalue weighted by Crippen LogP contribution is 2.16. The van der Waals surface area contributed by atoms with Crippen molar-refractivity contribution in [3.8, 4) is 0 Å². The molecule has 1 rings (SSSR count). The minimum Gasteiger partial charge on any atom is -0.324 e. The Morgan fingerprint density at radius 2 is 1.82 bits per heavy atom. The Labute approximate surface area is 105 Å². The molecule has 1 aromatic rings. The Morgan fingerprint density at radius 3 is 2.29 bits per heavy atom. The number of nitrogens with zero attached hydrogens (tertiary/aromatic N) is 1. The average Bonchev–Trinajstić information content (AvgIpc) is 2.23. The van der Waals surface area contributed by atoms with Crippen LogP contribution in [0.2, 0.25) is 0 Å². The zero-order chi connectivity index (χ0) is 12.9. The fourth-order valence-corrected chi connectivity index (χ4v) is 1.80. The summed E-state index contributed by atoms with van der Waals surface area (Å²) in [6.07, 6.45) is 0. The molecule has 0 aliphatic heterocycles. The molecule has 0 aromatic heterocycles. The van der Waals surface area contributed by atoms with Gasteiger partial charge in [0.15, 0.2) is 0 Å². The van der Waals surface area contributed by atoms with E-state index in [1.807, 2.05) is 19.9 Å². The minimum atomic E-state index is -0.159. The van der Waals surface area contributed by atoms with E-state index in [0.717, 1.165) is 13.1 Å². The van der Waals surface area contributed by atoms with Gasteiger partial charge in [0.2, 0.25) is 0 Å². The summed E-state index contributed by atoms with van der Waals surface area (Å²) in [6, 6.07) is 10.9. The van der Waals surface area contributed by atoms with Crippen LogP contribution in [0.25, 0.3) is 0 Å². The van der Waals surface area contributed by atoms with Crippen LogP contribution in [0.4, 0.5) is 0 Å². The van der Waals surface area contributed by atoms with Gasteiger partial charge in [0.25, 0.3) is 0 Å². The Balaban J connectivity index is 2.57. The molecule has 0 heterocycles. The van der Waals surface area contributed by atoms with E-state index in [1.54, 1.807) is 0 Å². The fourth-order valence-electron chi connectivity index (χ4n) is 1.80. The molecule has 0 amide bonds. The maximum atomic E-state index is 5.96. The highest BCUT2D eigenvalue weighted by atomic mass is 15.1. The highest BCUT2D eigenvalue weighted by Gasteiger charge is 2.15. The molecular formula is C14H25N3. The maximum Gasteiger partial charge on any atom is 0.0466 e. The molecule has 3 heteroatoms. The zero-order valence-electron chi connectivity index (χ0n) is 11.4. The Bertz CT molecular complexity index is 314. The SMILES string of the molecule is CN(C)C(CNCC(C)(C)N)c1ccccc1. The van der Waals surface area contributed by atoms with Crippen LogP contribution in [0.1, 0.15) is 25.5 Å². The van der Waals surface area contributed by atoms with Gasteiger partial charge in [-0.25, -0.2) is 0 Å². The van der Waals surface area contributed by atoms with Crippen molar-refractivity contribution in [1.29, 1.82) is 0 Å². The first kappa shape index (κ1) is 14.2. The molecule has 3 nitrogen and oxygen atoms in total. The van der Waals surface area contributed by atoms with Gasteiger partial charge in [-0.05, 0) is 33.5 Å². The van der Waals surface area contributed by atoms with E-state index in [1.165, 1.54) is 5.56 Å². The third-order valence-electron chi connectivity index (χ3n) is 2.73. The van der Waals surface area contributed by atoms with E-state index in [2.05, 4.69) is 48.6 Å². The van der Waals surface area contributed by atoms with Gasteiger partial charge in [0, 0.05) is 24.7 Å². The molecule has 0 bridgehead atoms. The van der Waals surface area contributed by atoms with E-state index in [9.17, 15) is 0 Å². The van der Waals surface area contributed by atoms with E-state index in [-0.39, 0.29) is 5.54 Å². The molecular weight excluding hydrogens is 210 g/mol. The Morgan fingerprint density at radius 1 is 1.24 bits per heavy atom. The van der Waals surface area contributed by atoms with E-state index >= 15 is 0 Å². The molecule has 0 fully saturated rings. The van der Waals surface area contributed by atoms with Gasteiger partial charge < -0.3 is 16.0 Å². The van der Waals surface area contributed by atoms with E-state index in [0.29, 0.717) is 6.04 Å². The first-order valence-corrected chi connectivity index (χ1v) is 6.11. The Kier molecular flexibility index (Phi) is 5.12. The van der Waals surface area contributed by atoms with Crippen LogP contribution >= 0.6 is 0 Å². The van der Waals surface area contributed by atoms with Gasteiger partial charge in [0.1, 0.15) is 0 Å². The molecule has 1 atom stereocenters. The predicted molar refractivity (Wildman–Crippen MR) is 74.0 cm³/mol. The van der Waals surface area contributed by atoms with Gasteiger partial charge in [-0.1, -0.05) is 30.3 Å². The summed E-state index contributed by atoms with van der Waals surface area (Å²) in [4.78, 5) is 2.23. The third kappa shape index (κ3) is 5.31. The lowest BCUT2D eigenvalue weighted by molar-refractivity contribution is 0.282. The fraction of sp³-hybridized carbons (Fsp3) is 0.571. The third-order valence-corrected chi connectivity index (χ3v) is 2.73. The number of rotatable bonds is 6. The second kappa shape index (κ2) is 6.15. The van der Waals surface area contributed by atoms with Gasteiger partial charge in [-0.3, -0.25) is 0 Å². The summed E-state index contributed by atoms with van der Waals surface area (Å²) < 4.78 is 0. The van der Waals surface area contributed by atoms with Gasteiger partial charge in [0.05, 0.1) is 0 Å². The normalized spacial score (nSPS) is 14.0. The van der Waals surface area contributed by atoms with Crippen molar-refractivity contribution in [2.75, 3.05) is 27.2 Å². The number of hydrogen-bond donors (Lipinski definition) is 2. The zero-order valence-corrected chi connectivity index (χ0v) is 11.4. The number of likely N-dealkylation sites (N-methyl/N-ethyl adjacent to an activating group) is 1. The smallest absolute Gasteiger partial charge is 0.0466 e. The summed E-state index contributed by atoms with van der Waals surface area (Å²) in [7, 11) is 4.21. The van der Waals surface area contributed by atoms with Crippen molar-refractivity contribution in [3.05, 3.63) is 35.9 Å². The first-order valence-electron chi connectivity index (χ1n) is 6.11. The van der Waals surface area contributed by atoms with Crippen LogP contribution < -0.4 is 11.1 Å². The van der Waals surface area contributed by atoms with E-state index < -0.39 is 0 Å². The molecule has 1 aromatic carbocycles. The van der Waals surface area contributed by atoms with Crippen molar-refractivity contribution < 1.29 is 0 Å². The largest absolute Gasteiger partial charge is 0.324 e. The summed E-state index contributed by atoms with van der Waals surface area (Å²) in [5.74, 6) is 0. The van der Waals surface area contributed by atoms with Gasteiger partial charge >= 0.3 is 0 Å². The second-order valence-corrected chi connectivity index (χ2v) is 5.51. The van der Waals surface area contributed by atoms with Crippen molar-refractivity contribution >= 4 is 0 Å². The number of nitrogens with two attached hydrogens (primary N) is 1. The molecule has 0 radical (unpaired) electrons. The number of hydrogen-bond acceptors (Lipinski definition) is 3. The van der Waals surface area contributed by atoms with Crippen LogP contribution in [0.5, 0.6) is 0 Å². The molecule has 17 heavy (non-hydrogen) atoms. The lowest BCUT2D eigenvalue weighted by Gasteiger charge is -2.27. The van der Waals surface area contributed by atoms with Crippen LogP contribution in [0.3, 0.4) is 0 Å². The van der Waals surface area contributed by atoms with Crippen LogP contribution in [0.15, 0.2) is 30.3 Å². The van der Waals surface area contributed by atoms with Crippen LogP contribution in [-0.2, 0) is 0 Å². The summed E-state index contributed by atoms with van der Waals surface area (Å²) in [5.41, 5.74) is 7.13. The van der Waals surface area contributed by atoms with Gasteiger partial charge in [-0.15, -0.1) is 0 Å². The molecule has 0 aliphatic rings. The van der Waals surface area contributed by atoms with Crippen molar-refractivity contribution in [2.45, 2.75) is 25.4 Å². The number of benzene rings is 1. The standard InChI is InChI=1S/C14H25N3/c1-14(2,15)11-16-10-13(17(3)4)12-8-6-5-7-9-12/h5-9,13,16H,10-11,15H2,1-4H3. The number of nitrogens with one attached hydrogen (secondary N) is 1. The molecule has 3 N–H and O–H groups in total. The highest BCUT2D eigenvalue weighted by molar-refractivity contribution is 5.19. The monoisotopic (exact) mass is 235 g/mol. The minimum absolute atomic E-state index is 0.159. The molecule has 0 spiro atoms. The maximum absolute atomic E-state index is 5.96. The van der Waals surface area contributed by atoms with Crippen molar-refractivity contribution in [1.82, 2.24) is 10.2 Å². The quantitative estimate of drug-likeness (QED) is 0.787. The predicted octanol–water partition coefficient (Wildman–Crippen LogP) is 1.62. The summed E-state index contributed by atoms with van der Waals surface area (Å²) in [6.45, 7) is 5.81. The molecule has 96 valence electrons. The molecule has 0 aliphatic carbocycles. The second-order valence-electron chi connectivity index (χ2n) is 5.51. The topological polar surface area (TPSA) is 41.3 Å². The summed E-state index contributed by atoms with van der Waals surface area (Å²) >= 11 is 0. The van der Waals surface area contributed by atoms with Crippen LogP contribution in [-0.4, -0.2) is 37.6 Å².